The zero-order valence-corrected chi connectivity index (χ0v) is 6.22. The van der Waals surface area contributed by atoms with Crippen LogP contribution in [0.2, 0.25) is 6.32 Å². The molecule has 48 valence electrons. The van der Waals surface area contributed by atoms with Crippen molar-refractivity contribution in [3.05, 3.63) is 23.6 Å². The zero-order valence-electron chi connectivity index (χ0n) is 6.22. The molecule has 1 heteroatoms. The van der Waals surface area contributed by atoms with Crippen LogP contribution in [0.5, 0.6) is 0 Å². The summed E-state index contributed by atoms with van der Waals surface area (Å²) in [6.45, 7) is 5.22. The summed E-state index contributed by atoms with van der Waals surface area (Å²) in [5.41, 5.74) is 1.59. The van der Waals surface area contributed by atoms with E-state index in [0.29, 0.717) is 0 Å². The molecule has 0 fully saturated rings. The first-order valence-corrected chi connectivity index (χ1v) is 3.75. The van der Waals surface area contributed by atoms with Crippen LogP contribution in [0.1, 0.15) is 20.3 Å². The molecule has 0 aromatic carbocycles. The van der Waals surface area contributed by atoms with E-state index in [1.807, 2.05) is 0 Å². The molecule has 0 radical (unpaired) electrons. The zero-order chi connectivity index (χ0) is 6.69. The lowest BCUT2D eigenvalue weighted by molar-refractivity contribution is 1.18. The van der Waals surface area contributed by atoms with Gasteiger partial charge in [0.1, 0.15) is 0 Å². The second kappa shape index (κ2) is 2.91. The van der Waals surface area contributed by atoms with E-state index in [-0.39, 0.29) is 0 Å². The van der Waals surface area contributed by atoms with Crippen LogP contribution in [0.4, 0.5) is 0 Å². The summed E-state index contributed by atoms with van der Waals surface area (Å²) in [5.74, 6) is 2.29. The van der Waals surface area contributed by atoms with E-state index in [1.165, 1.54) is 12.7 Å². The van der Waals surface area contributed by atoms with Gasteiger partial charge in [0.25, 0.3) is 0 Å². The Balaban J connectivity index is 2.55. The maximum absolute atomic E-state index is 2.29. The van der Waals surface area contributed by atoms with E-state index in [9.17, 15) is 0 Å². The first kappa shape index (κ1) is 6.66. The molecule has 1 rings (SSSR count). The van der Waals surface area contributed by atoms with Gasteiger partial charge in [-0.1, -0.05) is 37.8 Å². The second-order valence-corrected chi connectivity index (χ2v) is 2.49. The lowest BCUT2D eigenvalue weighted by Crippen LogP contribution is -2.07. The molecule has 0 amide bonds. The molecule has 0 aliphatic carbocycles. The summed E-state index contributed by atoms with van der Waals surface area (Å²) in [5, 5.41) is 0. The van der Waals surface area contributed by atoms with Crippen molar-refractivity contribution in [1.29, 1.82) is 0 Å². The van der Waals surface area contributed by atoms with Gasteiger partial charge in [-0.05, 0) is 6.42 Å². The highest BCUT2D eigenvalue weighted by molar-refractivity contribution is 6.72. The predicted octanol–water partition coefficient (Wildman–Crippen LogP) is 2.49. The Bertz CT molecular complexity index is 145. The van der Waals surface area contributed by atoms with E-state index >= 15 is 0 Å². The fourth-order valence-corrected chi connectivity index (χ4v) is 1.34. The summed E-state index contributed by atoms with van der Waals surface area (Å²) in [6, 6.07) is 0. The molecule has 9 heavy (non-hydrogen) atoms. The molecule has 0 aromatic heterocycles. The molecule has 0 atom stereocenters. The summed E-state index contributed by atoms with van der Waals surface area (Å²) in [7, 11) is 0. The third-order valence-electron chi connectivity index (χ3n) is 1.98. The highest BCUT2D eigenvalue weighted by atomic mass is 13.9. The standard InChI is InChI=1S/C8H13B/c1-3-8-6-5-7-9(8)4-2/h5-7H,3-4H2,1-2H3. The molecule has 0 nitrogen and oxygen atoms in total. The maximum atomic E-state index is 2.29. The molecule has 0 N–H and O–H groups in total. The Morgan fingerprint density at radius 2 is 2.22 bits per heavy atom. The van der Waals surface area contributed by atoms with Crippen molar-refractivity contribution in [2.24, 2.45) is 0 Å². The first-order valence-electron chi connectivity index (χ1n) is 3.75. The molecule has 0 saturated heterocycles. The molecular weight excluding hydrogens is 107 g/mol. The largest absolute Gasteiger partial charge is 0.195 e. The Labute approximate surface area is 57.7 Å². The SMILES string of the molecule is CCB1C=CC=C1CC. The van der Waals surface area contributed by atoms with Crippen molar-refractivity contribution >= 4 is 6.71 Å². The van der Waals surface area contributed by atoms with Crippen LogP contribution in [0, 0.1) is 0 Å². The van der Waals surface area contributed by atoms with Crippen LogP contribution in [0.15, 0.2) is 23.6 Å². The molecular formula is C8H13B. The van der Waals surface area contributed by atoms with E-state index in [4.69, 9.17) is 0 Å². The maximum Gasteiger partial charge on any atom is 0.195 e. The molecule has 1 heterocycles. The minimum atomic E-state index is 0.759. The van der Waals surface area contributed by atoms with Crippen molar-refractivity contribution in [1.82, 2.24) is 0 Å². The molecule has 0 bridgehead atoms. The summed E-state index contributed by atoms with van der Waals surface area (Å²) >= 11 is 0. The average Bonchev–Trinajstić information content (AvgIpc) is 2.33. The van der Waals surface area contributed by atoms with Crippen molar-refractivity contribution in [2.75, 3.05) is 0 Å². The van der Waals surface area contributed by atoms with Gasteiger partial charge in [-0.2, -0.15) is 0 Å². The van der Waals surface area contributed by atoms with Gasteiger partial charge in [0, 0.05) is 0 Å². The Hall–Kier alpha value is -0.455. The van der Waals surface area contributed by atoms with Crippen LogP contribution in [0.3, 0.4) is 0 Å². The van der Waals surface area contributed by atoms with Crippen LogP contribution >= 0.6 is 0 Å². The number of hydrogen-bond acceptors (Lipinski definition) is 0. The topological polar surface area (TPSA) is 0 Å². The second-order valence-electron chi connectivity index (χ2n) is 2.49. The van der Waals surface area contributed by atoms with Gasteiger partial charge in [0.15, 0.2) is 6.71 Å². The molecule has 0 spiro atoms. The van der Waals surface area contributed by atoms with Gasteiger partial charge in [-0.15, -0.1) is 5.98 Å². The van der Waals surface area contributed by atoms with Crippen molar-refractivity contribution in [2.45, 2.75) is 26.6 Å². The van der Waals surface area contributed by atoms with Gasteiger partial charge >= 0.3 is 0 Å². The third kappa shape index (κ3) is 1.26. The van der Waals surface area contributed by atoms with Crippen LogP contribution in [-0.2, 0) is 0 Å². The fraction of sp³-hybridized carbons (Fsp3) is 0.500. The van der Waals surface area contributed by atoms with Crippen LogP contribution in [0.25, 0.3) is 0 Å². The third-order valence-corrected chi connectivity index (χ3v) is 1.98. The Morgan fingerprint density at radius 1 is 1.44 bits per heavy atom. The number of allylic oxidation sites excluding steroid dienone is 3. The van der Waals surface area contributed by atoms with E-state index in [1.54, 1.807) is 5.47 Å². The van der Waals surface area contributed by atoms with E-state index in [0.717, 1.165) is 6.71 Å². The highest BCUT2D eigenvalue weighted by Crippen LogP contribution is 2.16. The number of rotatable bonds is 2. The lowest BCUT2D eigenvalue weighted by atomic mass is 9.44. The summed E-state index contributed by atoms with van der Waals surface area (Å²) < 4.78 is 0. The van der Waals surface area contributed by atoms with Gasteiger partial charge in [0.2, 0.25) is 0 Å². The monoisotopic (exact) mass is 120 g/mol. The Kier molecular flexibility index (Phi) is 2.15. The van der Waals surface area contributed by atoms with Gasteiger partial charge < -0.3 is 0 Å². The fourth-order valence-electron chi connectivity index (χ4n) is 1.34. The molecule has 1 aliphatic rings. The smallest absolute Gasteiger partial charge is 0.110 e. The minimum absolute atomic E-state index is 0.759. The van der Waals surface area contributed by atoms with Crippen molar-refractivity contribution in [3.63, 3.8) is 0 Å². The summed E-state index contributed by atoms with van der Waals surface area (Å²) in [4.78, 5) is 0. The normalized spacial score (nSPS) is 16.7. The van der Waals surface area contributed by atoms with Crippen LogP contribution in [-0.4, -0.2) is 6.71 Å². The first-order chi connectivity index (χ1) is 4.38. The number of hydrogen-bond donors (Lipinski definition) is 0. The Morgan fingerprint density at radius 3 is 2.67 bits per heavy atom. The lowest BCUT2D eigenvalue weighted by Gasteiger charge is -2.02. The molecule has 1 aliphatic heterocycles. The molecule has 0 saturated carbocycles. The van der Waals surface area contributed by atoms with Crippen molar-refractivity contribution < 1.29 is 0 Å². The molecule has 0 aromatic rings. The summed E-state index contributed by atoms with van der Waals surface area (Å²) in [6.07, 6.45) is 6.89. The average molecular weight is 120 g/mol. The quantitative estimate of drug-likeness (QED) is 0.491. The van der Waals surface area contributed by atoms with E-state index < -0.39 is 0 Å². The van der Waals surface area contributed by atoms with Gasteiger partial charge in [0.05, 0.1) is 0 Å². The van der Waals surface area contributed by atoms with Gasteiger partial charge in [-0.25, -0.2) is 0 Å². The highest BCUT2D eigenvalue weighted by Gasteiger charge is 2.13. The minimum Gasteiger partial charge on any atom is -0.110 e. The van der Waals surface area contributed by atoms with Crippen LogP contribution < -0.4 is 0 Å². The molecule has 0 unspecified atom stereocenters. The van der Waals surface area contributed by atoms with E-state index in [2.05, 4.69) is 32.0 Å². The predicted molar refractivity (Wildman–Crippen MR) is 43.7 cm³/mol. The van der Waals surface area contributed by atoms with Gasteiger partial charge in [-0.3, -0.25) is 0 Å². The van der Waals surface area contributed by atoms with Crippen molar-refractivity contribution in [3.8, 4) is 0 Å².